The molecule has 18 heavy (non-hydrogen) atoms. The first-order chi connectivity index (χ1) is 8.72. The lowest BCUT2D eigenvalue weighted by Gasteiger charge is -2.31. The zero-order valence-corrected chi connectivity index (χ0v) is 11.2. The highest BCUT2D eigenvalue weighted by Gasteiger charge is 2.21. The SMILES string of the molecule is Cc1ccc(N2CCCNCC2CC#N)c(C)c1. The van der Waals surface area contributed by atoms with E-state index in [9.17, 15) is 0 Å². The predicted octanol–water partition coefficient (Wildman–Crippen LogP) is 2.39. The quantitative estimate of drug-likeness (QED) is 0.867. The Morgan fingerprint density at radius 3 is 3.00 bits per heavy atom. The van der Waals surface area contributed by atoms with Gasteiger partial charge >= 0.3 is 0 Å². The average molecular weight is 243 g/mol. The van der Waals surface area contributed by atoms with Gasteiger partial charge in [-0.25, -0.2) is 0 Å². The van der Waals surface area contributed by atoms with Crippen molar-refractivity contribution in [3.05, 3.63) is 29.3 Å². The van der Waals surface area contributed by atoms with Gasteiger partial charge in [0.15, 0.2) is 0 Å². The van der Waals surface area contributed by atoms with Gasteiger partial charge in [0.05, 0.1) is 18.5 Å². The van der Waals surface area contributed by atoms with Gasteiger partial charge in [-0.05, 0) is 38.4 Å². The Kier molecular flexibility index (Phi) is 4.22. The van der Waals surface area contributed by atoms with Crippen LogP contribution in [-0.2, 0) is 0 Å². The molecule has 1 saturated heterocycles. The van der Waals surface area contributed by atoms with Crippen LogP contribution in [0.4, 0.5) is 5.69 Å². The summed E-state index contributed by atoms with van der Waals surface area (Å²) < 4.78 is 0. The molecule has 0 saturated carbocycles. The maximum absolute atomic E-state index is 8.98. The molecule has 1 aromatic rings. The van der Waals surface area contributed by atoms with E-state index in [-0.39, 0.29) is 0 Å². The van der Waals surface area contributed by atoms with Crippen LogP contribution in [0.1, 0.15) is 24.0 Å². The van der Waals surface area contributed by atoms with Crippen molar-refractivity contribution in [2.75, 3.05) is 24.5 Å². The molecule has 0 amide bonds. The molecule has 0 radical (unpaired) electrons. The number of aryl methyl sites for hydroxylation is 2. The molecule has 96 valence electrons. The Morgan fingerprint density at radius 2 is 2.28 bits per heavy atom. The van der Waals surface area contributed by atoms with Gasteiger partial charge in [-0.1, -0.05) is 17.7 Å². The van der Waals surface area contributed by atoms with E-state index < -0.39 is 0 Å². The summed E-state index contributed by atoms with van der Waals surface area (Å²) in [5, 5.41) is 12.4. The topological polar surface area (TPSA) is 39.1 Å². The van der Waals surface area contributed by atoms with Crippen molar-refractivity contribution < 1.29 is 0 Å². The van der Waals surface area contributed by atoms with Gasteiger partial charge in [0.1, 0.15) is 0 Å². The fourth-order valence-electron chi connectivity index (χ4n) is 2.67. The van der Waals surface area contributed by atoms with Crippen LogP contribution in [0.3, 0.4) is 0 Å². The molecule has 1 fully saturated rings. The molecular formula is C15H21N3. The Hall–Kier alpha value is -1.53. The molecule has 1 aliphatic heterocycles. The molecule has 1 heterocycles. The third-order valence-corrected chi connectivity index (χ3v) is 3.56. The maximum atomic E-state index is 8.98. The molecule has 0 aromatic heterocycles. The van der Waals surface area contributed by atoms with Crippen molar-refractivity contribution in [2.45, 2.75) is 32.7 Å². The number of anilines is 1. The molecule has 3 heteroatoms. The van der Waals surface area contributed by atoms with Gasteiger partial charge < -0.3 is 10.2 Å². The molecular weight excluding hydrogens is 222 g/mol. The second-order valence-electron chi connectivity index (χ2n) is 5.06. The molecule has 1 aliphatic rings. The highest BCUT2D eigenvalue weighted by atomic mass is 15.2. The van der Waals surface area contributed by atoms with Crippen molar-refractivity contribution in [2.24, 2.45) is 0 Å². The van der Waals surface area contributed by atoms with Gasteiger partial charge in [-0.3, -0.25) is 0 Å². The molecule has 0 bridgehead atoms. The average Bonchev–Trinajstić information content (AvgIpc) is 2.56. The van der Waals surface area contributed by atoms with Crippen LogP contribution in [0.25, 0.3) is 0 Å². The van der Waals surface area contributed by atoms with Crippen LogP contribution in [0.5, 0.6) is 0 Å². The highest BCUT2D eigenvalue weighted by Crippen LogP contribution is 2.25. The number of hydrogen-bond acceptors (Lipinski definition) is 3. The van der Waals surface area contributed by atoms with E-state index >= 15 is 0 Å². The monoisotopic (exact) mass is 243 g/mol. The second-order valence-corrected chi connectivity index (χ2v) is 5.06. The van der Waals surface area contributed by atoms with Crippen molar-refractivity contribution in [1.29, 1.82) is 5.26 Å². The molecule has 3 nitrogen and oxygen atoms in total. The van der Waals surface area contributed by atoms with Gasteiger partial charge in [0.25, 0.3) is 0 Å². The van der Waals surface area contributed by atoms with E-state index in [1.165, 1.54) is 16.8 Å². The van der Waals surface area contributed by atoms with Crippen LogP contribution >= 0.6 is 0 Å². The smallest absolute Gasteiger partial charge is 0.0643 e. The van der Waals surface area contributed by atoms with Crippen molar-refractivity contribution in [3.8, 4) is 6.07 Å². The van der Waals surface area contributed by atoms with Crippen LogP contribution < -0.4 is 10.2 Å². The van der Waals surface area contributed by atoms with Crippen LogP contribution in [0.15, 0.2) is 18.2 Å². The second kappa shape index (κ2) is 5.88. The largest absolute Gasteiger partial charge is 0.366 e. The molecule has 0 aliphatic carbocycles. The molecule has 2 rings (SSSR count). The van der Waals surface area contributed by atoms with Crippen molar-refractivity contribution in [1.82, 2.24) is 5.32 Å². The van der Waals surface area contributed by atoms with Crippen molar-refractivity contribution >= 4 is 5.69 Å². The summed E-state index contributed by atoms with van der Waals surface area (Å²) in [6, 6.07) is 9.18. The van der Waals surface area contributed by atoms with E-state index in [0.29, 0.717) is 12.5 Å². The number of nitrogens with one attached hydrogen (secondary N) is 1. The lowest BCUT2D eigenvalue weighted by atomic mass is 10.1. The first-order valence-corrected chi connectivity index (χ1v) is 6.64. The predicted molar refractivity (Wildman–Crippen MR) is 74.8 cm³/mol. The summed E-state index contributed by atoms with van der Waals surface area (Å²) in [6.07, 6.45) is 1.72. The first kappa shape index (κ1) is 12.9. The minimum Gasteiger partial charge on any atom is -0.366 e. The minimum atomic E-state index is 0.291. The first-order valence-electron chi connectivity index (χ1n) is 6.64. The third kappa shape index (κ3) is 2.83. The zero-order valence-electron chi connectivity index (χ0n) is 11.2. The fourth-order valence-corrected chi connectivity index (χ4v) is 2.67. The number of nitrogens with zero attached hydrogens (tertiary/aromatic N) is 2. The van der Waals surface area contributed by atoms with E-state index in [1.807, 2.05) is 0 Å². The minimum absolute atomic E-state index is 0.291. The third-order valence-electron chi connectivity index (χ3n) is 3.56. The van der Waals surface area contributed by atoms with E-state index in [4.69, 9.17) is 5.26 Å². The lowest BCUT2D eigenvalue weighted by Crippen LogP contribution is -2.40. The molecule has 1 unspecified atom stereocenters. The Labute approximate surface area is 109 Å². The fraction of sp³-hybridized carbons (Fsp3) is 0.533. The summed E-state index contributed by atoms with van der Waals surface area (Å²) in [6.45, 7) is 7.26. The standard InChI is InChI=1S/C15H21N3/c1-12-4-5-15(13(2)10-12)18-9-3-8-17-11-14(18)6-7-16/h4-5,10,14,17H,3,6,8-9,11H2,1-2H3. The summed E-state index contributed by atoms with van der Waals surface area (Å²) in [4.78, 5) is 2.40. The molecule has 1 N–H and O–H groups in total. The summed E-state index contributed by atoms with van der Waals surface area (Å²) >= 11 is 0. The molecule has 0 spiro atoms. The van der Waals surface area contributed by atoms with E-state index in [2.05, 4.69) is 48.3 Å². The molecule has 1 aromatic carbocycles. The summed E-state index contributed by atoms with van der Waals surface area (Å²) in [7, 11) is 0. The Balaban J connectivity index is 2.29. The van der Waals surface area contributed by atoms with Crippen LogP contribution in [-0.4, -0.2) is 25.7 Å². The summed E-state index contributed by atoms with van der Waals surface area (Å²) in [5.41, 5.74) is 3.88. The van der Waals surface area contributed by atoms with Crippen LogP contribution in [0.2, 0.25) is 0 Å². The van der Waals surface area contributed by atoms with Crippen molar-refractivity contribution in [3.63, 3.8) is 0 Å². The van der Waals surface area contributed by atoms with Crippen LogP contribution in [0, 0.1) is 25.2 Å². The summed E-state index contributed by atoms with van der Waals surface area (Å²) in [5.74, 6) is 0. The Morgan fingerprint density at radius 1 is 1.44 bits per heavy atom. The number of rotatable bonds is 2. The van der Waals surface area contributed by atoms with Gasteiger partial charge in [-0.15, -0.1) is 0 Å². The molecule has 1 atom stereocenters. The normalized spacial score (nSPS) is 20.3. The highest BCUT2D eigenvalue weighted by molar-refractivity contribution is 5.55. The zero-order chi connectivity index (χ0) is 13.0. The van der Waals surface area contributed by atoms with E-state index in [0.717, 1.165) is 26.1 Å². The number of nitriles is 1. The number of hydrogen-bond donors (Lipinski definition) is 1. The lowest BCUT2D eigenvalue weighted by molar-refractivity contribution is 0.596. The van der Waals surface area contributed by atoms with Gasteiger partial charge in [-0.2, -0.15) is 5.26 Å². The van der Waals surface area contributed by atoms with Gasteiger partial charge in [0, 0.05) is 18.8 Å². The van der Waals surface area contributed by atoms with E-state index in [1.54, 1.807) is 0 Å². The Bertz CT molecular complexity index is 448. The van der Waals surface area contributed by atoms with Gasteiger partial charge in [0.2, 0.25) is 0 Å². The number of benzene rings is 1. The maximum Gasteiger partial charge on any atom is 0.0643 e.